The van der Waals surface area contributed by atoms with Gasteiger partial charge < -0.3 is 10.2 Å². The number of aryl methyl sites for hydroxylation is 1. The maximum atomic E-state index is 12.5. The number of nitrogens with zero attached hydrogens (tertiary/aromatic N) is 1. The predicted molar refractivity (Wildman–Crippen MR) is 85.5 cm³/mol. The first kappa shape index (κ1) is 14.7. The number of halogens is 1. The summed E-state index contributed by atoms with van der Waals surface area (Å²) in [6, 6.07) is 5.00. The van der Waals surface area contributed by atoms with E-state index in [1.807, 2.05) is 19.9 Å². The monoisotopic (exact) mass is 324 g/mol. The minimum Gasteiger partial charge on any atom is -0.324 e. The molecule has 2 amide bonds. The number of rotatable bonds is 2. The third-order valence-corrected chi connectivity index (χ3v) is 5.95. The minimum absolute atomic E-state index is 0.0745. The molecule has 21 heavy (non-hydrogen) atoms. The van der Waals surface area contributed by atoms with Crippen molar-refractivity contribution >= 4 is 40.9 Å². The number of carbonyl (C=O) groups excluding carboxylic acids is 2. The summed E-state index contributed by atoms with van der Waals surface area (Å²) in [5, 5.41) is 3.49. The standard InChI is InChI=1S/C15H17ClN2O2S/c1-9-3-4-10(16)7-11(9)17-14(20)12-8-21-15(2)6-5-13(19)18(12)15/h3-4,7,12H,5-6,8H2,1-2H3,(H,17,20)/t12-,15+/m1/s1. The van der Waals surface area contributed by atoms with E-state index < -0.39 is 6.04 Å². The van der Waals surface area contributed by atoms with Crippen LogP contribution in [0.2, 0.25) is 5.02 Å². The molecule has 4 nitrogen and oxygen atoms in total. The molecule has 2 saturated heterocycles. The molecule has 1 N–H and O–H groups in total. The summed E-state index contributed by atoms with van der Waals surface area (Å²) in [5.74, 6) is 0.588. The third-order valence-electron chi connectivity index (χ3n) is 4.20. The van der Waals surface area contributed by atoms with Gasteiger partial charge in [0.2, 0.25) is 11.8 Å². The highest BCUT2D eigenvalue weighted by Gasteiger charge is 2.52. The van der Waals surface area contributed by atoms with Gasteiger partial charge in [0.05, 0.1) is 4.87 Å². The Morgan fingerprint density at radius 2 is 2.29 bits per heavy atom. The van der Waals surface area contributed by atoms with E-state index in [4.69, 9.17) is 11.6 Å². The summed E-state index contributed by atoms with van der Waals surface area (Å²) >= 11 is 7.67. The van der Waals surface area contributed by atoms with Crippen molar-refractivity contribution in [3.8, 4) is 0 Å². The molecule has 0 aromatic heterocycles. The van der Waals surface area contributed by atoms with Gasteiger partial charge in [0.1, 0.15) is 6.04 Å². The molecule has 6 heteroatoms. The molecule has 1 aromatic rings. The van der Waals surface area contributed by atoms with Crippen LogP contribution < -0.4 is 5.32 Å². The van der Waals surface area contributed by atoms with E-state index in [-0.39, 0.29) is 16.7 Å². The highest BCUT2D eigenvalue weighted by molar-refractivity contribution is 8.01. The van der Waals surface area contributed by atoms with Crippen molar-refractivity contribution in [1.82, 2.24) is 4.90 Å². The summed E-state index contributed by atoms with van der Waals surface area (Å²) in [6.45, 7) is 3.96. The smallest absolute Gasteiger partial charge is 0.248 e. The molecule has 0 spiro atoms. The Morgan fingerprint density at radius 1 is 1.52 bits per heavy atom. The van der Waals surface area contributed by atoms with Crippen LogP contribution in [0.25, 0.3) is 0 Å². The van der Waals surface area contributed by atoms with Crippen LogP contribution in [0.15, 0.2) is 18.2 Å². The van der Waals surface area contributed by atoms with E-state index in [1.165, 1.54) is 0 Å². The van der Waals surface area contributed by atoms with E-state index >= 15 is 0 Å². The van der Waals surface area contributed by atoms with Gasteiger partial charge in [-0.05, 0) is 38.0 Å². The molecular weight excluding hydrogens is 308 g/mol. The molecule has 3 rings (SSSR count). The molecule has 0 aliphatic carbocycles. The fraction of sp³-hybridized carbons (Fsp3) is 0.467. The minimum atomic E-state index is -0.395. The Morgan fingerprint density at radius 3 is 3.05 bits per heavy atom. The van der Waals surface area contributed by atoms with E-state index in [9.17, 15) is 9.59 Å². The number of hydrogen-bond donors (Lipinski definition) is 1. The first-order valence-electron chi connectivity index (χ1n) is 6.94. The molecule has 2 aliphatic heterocycles. The number of benzene rings is 1. The summed E-state index contributed by atoms with van der Waals surface area (Å²) in [6.07, 6.45) is 1.35. The Kier molecular flexibility index (Phi) is 3.66. The van der Waals surface area contributed by atoms with Crippen LogP contribution in [0.4, 0.5) is 5.69 Å². The van der Waals surface area contributed by atoms with Crippen molar-refractivity contribution in [2.24, 2.45) is 0 Å². The number of fused-ring (bicyclic) bond motifs is 1. The number of nitrogens with one attached hydrogen (secondary N) is 1. The van der Waals surface area contributed by atoms with Gasteiger partial charge >= 0.3 is 0 Å². The van der Waals surface area contributed by atoms with Gasteiger partial charge in [-0.25, -0.2) is 0 Å². The first-order valence-corrected chi connectivity index (χ1v) is 8.30. The van der Waals surface area contributed by atoms with Crippen molar-refractivity contribution in [3.63, 3.8) is 0 Å². The lowest BCUT2D eigenvalue weighted by Crippen LogP contribution is -2.48. The molecule has 112 valence electrons. The molecule has 0 bridgehead atoms. The SMILES string of the molecule is Cc1ccc(Cl)cc1NC(=O)[C@H]1CS[C@@]2(C)CCC(=O)N12. The van der Waals surface area contributed by atoms with Crippen LogP contribution in [0.1, 0.15) is 25.3 Å². The largest absolute Gasteiger partial charge is 0.324 e. The van der Waals surface area contributed by atoms with E-state index in [0.29, 0.717) is 22.9 Å². The summed E-state index contributed by atoms with van der Waals surface area (Å²) < 4.78 is 0. The lowest BCUT2D eigenvalue weighted by atomic mass is 10.1. The van der Waals surface area contributed by atoms with E-state index in [1.54, 1.807) is 28.8 Å². The zero-order valence-corrected chi connectivity index (χ0v) is 13.6. The second kappa shape index (κ2) is 5.21. The molecule has 2 heterocycles. The quantitative estimate of drug-likeness (QED) is 0.909. The predicted octanol–water partition coefficient (Wildman–Crippen LogP) is 3.04. The number of carbonyl (C=O) groups is 2. The van der Waals surface area contributed by atoms with Crippen LogP contribution in [-0.2, 0) is 9.59 Å². The van der Waals surface area contributed by atoms with Gasteiger partial charge in [0.25, 0.3) is 0 Å². The maximum Gasteiger partial charge on any atom is 0.248 e. The first-order chi connectivity index (χ1) is 9.90. The number of amides is 2. The number of hydrogen-bond acceptors (Lipinski definition) is 3. The van der Waals surface area contributed by atoms with Crippen LogP contribution in [0, 0.1) is 6.92 Å². The topological polar surface area (TPSA) is 49.4 Å². The van der Waals surface area contributed by atoms with Gasteiger partial charge in [0.15, 0.2) is 0 Å². The summed E-state index contributed by atoms with van der Waals surface area (Å²) in [4.78, 5) is 26.1. The van der Waals surface area contributed by atoms with Crippen molar-refractivity contribution < 1.29 is 9.59 Å². The van der Waals surface area contributed by atoms with Crippen molar-refractivity contribution in [2.45, 2.75) is 37.6 Å². The number of thioether (sulfide) groups is 1. The number of anilines is 1. The van der Waals surface area contributed by atoms with Crippen LogP contribution in [0.3, 0.4) is 0 Å². The van der Waals surface area contributed by atoms with E-state index in [0.717, 1.165) is 12.0 Å². The molecule has 0 unspecified atom stereocenters. The van der Waals surface area contributed by atoms with Gasteiger partial charge in [-0.1, -0.05) is 17.7 Å². The van der Waals surface area contributed by atoms with Crippen molar-refractivity contribution in [2.75, 3.05) is 11.1 Å². The van der Waals surface area contributed by atoms with Crippen LogP contribution in [-0.4, -0.2) is 33.4 Å². The second-order valence-electron chi connectivity index (χ2n) is 5.71. The molecule has 2 fully saturated rings. The van der Waals surface area contributed by atoms with Crippen molar-refractivity contribution in [1.29, 1.82) is 0 Å². The Balaban J connectivity index is 1.80. The summed E-state index contributed by atoms with van der Waals surface area (Å²) in [7, 11) is 0. The van der Waals surface area contributed by atoms with Crippen LogP contribution >= 0.6 is 23.4 Å². The van der Waals surface area contributed by atoms with Gasteiger partial charge in [-0.15, -0.1) is 11.8 Å². The average molecular weight is 325 g/mol. The average Bonchev–Trinajstić information content (AvgIpc) is 2.91. The molecule has 0 saturated carbocycles. The zero-order chi connectivity index (χ0) is 15.2. The highest BCUT2D eigenvalue weighted by atomic mass is 35.5. The fourth-order valence-electron chi connectivity index (χ4n) is 2.96. The van der Waals surface area contributed by atoms with Gasteiger partial charge in [-0.2, -0.15) is 0 Å². The Hall–Kier alpha value is -1.20. The molecular formula is C15H17ClN2O2S. The lowest BCUT2D eigenvalue weighted by Gasteiger charge is -2.30. The molecule has 2 atom stereocenters. The van der Waals surface area contributed by atoms with Crippen LogP contribution in [0.5, 0.6) is 0 Å². The Labute approximate surface area is 133 Å². The van der Waals surface area contributed by atoms with Gasteiger partial charge in [-0.3, -0.25) is 9.59 Å². The van der Waals surface area contributed by atoms with Gasteiger partial charge in [0, 0.05) is 22.9 Å². The molecule has 1 aromatic carbocycles. The summed E-state index contributed by atoms with van der Waals surface area (Å²) in [5.41, 5.74) is 1.66. The highest BCUT2D eigenvalue weighted by Crippen LogP contribution is 2.47. The fourth-order valence-corrected chi connectivity index (χ4v) is 4.56. The molecule has 0 radical (unpaired) electrons. The second-order valence-corrected chi connectivity index (χ2v) is 7.65. The lowest BCUT2D eigenvalue weighted by molar-refractivity contribution is -0.135. The normalized spacial score (nSPS) is 27.9. The third kappa shape index (κ3) is 2.53. The maximum absolute atomic E-state index is 12.5. The Bertz CT molecular complexity index is 622. The zero-order valence-electron chi connectivity index (χ0n) is 12.0. The van der Waals surface area contributed by atoms with E-state index in [2.05, 4.69) is 5.32 Å². The van der Waals surface area contributed by atoms with Crippen molar-refractivity contribution in [3.05, 3.63) is 28.8 Å². The molecule has 2 aliphatic rings.